The van der Waals surface area contributed by atoms with E-state index in [1.54, 1.807) is 0 Å². The first kappa shape index (κ1) is 10.7. The van der Waals surface area contributed by atoms with Crippen LogP contribution in [-0.2, 0) is 4.74 Å². The fourth-order valence-electron chi connectivity index (χ4n) is 2.03. The molecule has 2 N–H and O–H groups in total. The monoisotopic (exact) mass is 213 g/mol. The number of hydrogen-bond donors (Lipinski definition) is 1. The molecule has 0 atom stereocenters. The topological polar surface area (TPSA) is 58.8 Å². The van der Waals surface area contributed by atoms with Crippen LogP contribution in [0.2, 0.25) is 0 Å². The number of carbonyl (C=O) groups is 1. The smallest absolute Gasteiger partial charge is 0.320 e. The van der Waals surface area contributed by atoms with Crippen LogP contribution in [-0.4, -0.2) is 60.8 Å². The summed E-state index contributed by atoms with van der Waals surface area (Å²) in [4.78, 5) is 15.6. The van der Waals surface area contributed by atoms with Gasteiger partial charge in [-0.15, -0.1) is 0 Å². The van der Waals surface area contributed by atoms with Crippen LogP contribution in [0, 0.1) is 0 Å². The molecule has 0 aromatic heterocycles. The summed E-state index contributed by atoms with van der Waals surface area (Å²) < 4.78 is 5.21. The molecule has 2 aliphatic heterocycles. The van der Waals surface area contributed by atoms with Gasteiger partial charge < -0.3 is 20.3 Å². The molecule has 0 unspecified atom stereocenters. The van der Waals surface area contributed by atoms with E-state index in [0.29, 0.717) is 39.4 Å². The Morgan fingerprint density at radius 3 is 2.47 bits per heavy atom. The molecular formula is C10H19N3O2. The van der Waals surface area contributed by atoms with E-state index in [1.807, 2.05) is 9.80 Å². The first-order chi connectivity index (χ1) is 7.14. The zero-order valence-electron chi connectivity index (χ0n) is 9.24. The Morgan fingerprint density at radius 1 is 1.33 bits per heavy atom. The molecule has 15 heavy (non-hydrogen) atoms. The van der Waals surface area contributed by atoms with Crippen LogP contribution in [0.15, 0.2) is 0 Å². The van der Waals surface area contributed by atoms with Gasteiger partial charge >= 0.3 is 6.03 Å². The summed E-state index contributed by atoms with van der Waals surface area (Å²) >= 11 is 0. The Morgan fingerprint density at radius 2 is 1.93 bits per heavy atom. The number of amides is 2. The second-order valence-corrected chi connectivity index (χ2v) is 4.45. The van der Waals surface area contributed by atoms with E-state index in [0.717, 1.165) is 6.42 Å². The van der Waals surface area contributed by atoms with Gasteiger partial charge in [-0.1, -0.05) is 6.92 Å². The van der Waals surface area contributed by atoms with E-state index in [-0.39, 0.29) is 11.6 Å². The lowest BCUT2D eigenvalue weighted by molar-refractivity contribution is 0.0227. The van der Waals surface area contributed by atoms with Crippen molar-refractivity contribution in [3.63, 3.8) is 0 Å². The van der Waals surface area contributed by atoms with E-state index in [9.17, 15) is 4.79 Å². The number of carbonyl (C=O) groups excluding carboxylic acids is 1. The van der Waals surface area contributed by atoms with Gasteiger partial charge in [-0.05, 0) is 6.42 Å². The van der Waals surface area contributed by atoms with E-state index >= 15 is 0 Å². The van der Waals surface area contributed by atoms with Crippen molar-refractivity contribution in [3.05, 3.63) is 0 Å². The Bertz CT molecular complexity index is 245. The normalized spacial score (nSPS) is 24.9. The van der Waals surface area contributed by atoms with Gasteiger partial charge in [0.1, 0.15) is 0 Å². The van der Waals surface area contributed by atoms with Crippen LogP contribution < -0.4 is 5.73 Å². The fourth-order valence-corrected chi connectivity index (χ4v) is 2.03. The third-order valence-electron chi connectivity index (χ3n) is 3.27. The molecule has 2 aliphatic rings. The highest BCUT2D eigenvalue weighted by Gasteiger charge is 2.41. The fraction of sp³-hybridized carbons (Fsp3) is 0.900. The Balaban J connectivity index is 1.83. The van der Waals surface area contributed by atoms with Crippen molar-refractivity contribution in [3.8, 4) is 0 Å². The molecule has 5 heteroatoms. The molecule has 2 heterocycles. The quantitative estimate of drug-likeness (QED) is 0.659. The van der Waals surface area contributed by atoms with Crippen LogP contribution in [0.1, 0.15) is 13.3 Å². The molecule has 0 aromatic carbocycles. The van der Waals surface area contributed by atoms with E-state index in [4.69, 9.17) is 10.5 Å². The maximum Gasteiger partial charge on any atom is 0.320 e. The Labute approximate surface area is 90.1 Å². The predicted octanol–water partition coefficient (Wildman–Crippen LogP) is -0.138. The molecule has 2 rings (SSSR count). The average molecular weight is 213 g/mol. The van der Waals surface area contributed by atoms with Crippen molar-refractivity contribution in [2.75, 3.05) is 39.4 Å². The molecule has 86 valence electrons. The van der Waals surface area contributed by atoms with Gasteiger partial charge in [0.15, 0.2) is 0 Å². The van der Waals surface area contributed by atoms with E-state index in [2.05, 4.69) is 6.92 Å². The second kappa shape index (κ2) is 3.98. The van der Waals surface area contributed by atoms with Gasteiger partial charge in [0.25, 0.3) is 0 Å². The summed E-state index contributed by atoms with van der Waals surface area (Å²) in [5.74, 6) is 0. The zero-order chi connectivity index (χ0) is 10.9. The average Bonchev–Trinajstić information content (AvgIpc) is 2.25. The minimum absolute atomic E-state index is 0.118. The second-order valence-electron chi connectivity index (χ2n) is 4.45. The summed E-state index contributed by atoms with van der Waals surface area (Å²) in [5, 5.41) is 0. The van der Waals surface area contributed by atoms with Gasteiger partial charge in [-0.3, -0.25) is 0 Å². The number of morpholine rings is 1. The highest BCUT2D eigenvalue weighted by molar-refractivity contribution is 5.76. The van der Waals surface area contributed by atoms with Crippen LogP contribution in [0.25, 0.3) is 0 Å². The first-order valence-corrected chi connectivity index (χ1v) is 5.55. The summed E-state index contributed by atoms with van der Waals surface area (Å²) in [6.45, 7) is 6.18. The van der Waals surface area contributed by atoms with Crippen molar-refractivity contribution < 1.29 is 9.53 Å². The first-order valence-electron chi connectivity index (χ1n) is 5.55. The van der Waals surface area contributed by atoms with E-state index in [1.165, 1.54) is 0 Å². The number of nitrogens with zero attached hydrogens (tertiary/aromatic N) is 2. The lowest BCUT2D eigenvalue weighted by Crippen LogP contribution is -2.70. The summed E-state index contributed by atoms with van der Waals surface area (Å²) in [7, 11) is 0. The molecule has 0 radical (unpaired) electrons. The number of rotatable bonds is 1. The molecule has 0 spiro atoms. The molecule has 0 aromatic rings. The van der Waals surface area contributed by atoms with Crippen molar-refractivity contribution in [1.29, 1.82) is 0 Å². The van der Waals surface area contributed by atoms with Crippen LogP contribution >= 0.6 is 0 Å². The van der Waals surface area contributed by atoms with Crippen LogP contribution in [0.3, 0.4) is 0 Å². The minimum Gasteiger partial charge on any atom is -0.378 e. The molecular weight excluding hydrogens is 194 g/mol. The van der Waals surface area contributed by atoms with Gasteiger partial charge in [0.2, 0.25) is 0 Å². The lowest BCUT2D eigenvalue weighted by Gasteiger charge is -2.49. The van der Waals surface area contributed by atoms with Crippen molar-refractivity contribution in [2.45, 2.75) is 18.9 Å². The minimum atomic E-state index is -0.137. The van der Waals surface area contributed by atoms with Crippen LogP contribution in [0.4, 0.5) is 4.79 Å². The molecule has 2 saturated heterocycles. The molecule has 5 nitrogen and oxygen atoms in total. The zero-order valence-corrected chi connectivity index (χ0v) is 9.24. The summed E-state index contributed by atoms with van der Waals surface area (Å²) in [6.07, 6.45) is 0.930. The van der Waals surface area contributed by atoms with Gasteiger partial charge in [-0.25, -0.2) is 4.79 Å². The molecule has 2 amide bonds. The maximum absolute atomic E-state index is 11.9. The number of urea groups is 1. The van der Waals surface area contributed by atoms with E-state index < -0.39 is 0 Å². The summed E-state index contributed by atoms with van der Waals surface area (Å²) in [5.41, 5.74) is 5.89. The van der Waals surface area contributed by atoms with Crippen LogP contribution in [0.5, 0.6) is 0 Å². The Kier molecular flexibility index (Phi) is 2.84. The molecule has 2 fully saturated rings. The Hall–Kier alpha value is -0.810. The predicted molar refractivity (Wildman–Crippen MR) is 56.6 cm³/mol. The van der Waals surface area contributed by atoms with Crippen molar-refractivity contribution in [1.82, 2.24) is 9.80 Å². The highest BCUT2D eigenvalue weighted by atomic mass is 16.5. The third-order valence-corrected chi connectivity index (χ3v) is 3.27. The number of likely N-dealkylation sites (tertiary alicyclic amines) is 1. The van der Waals surface area contributed by atoms with Gasteiger partial charge in [0.05, 0.1) is 18.8 Å². The number of hydrogen-bond acceptors (Lipinski definition) is 3. The molecule has 0 bridgehead atoms. The molecule has 0 aliphatic carbocycles. The number of nitrogens with two attached hydrogens (primary N) is 1. The summed E-state index contributed by atoms with van der Waals surface area (Å²) in [6, 6.07) is 0.118. The number of ether oxygens (including phenoxy) is 1. The largest absolute Gasteiger partial charge is 0.378 e. The molecule has 0 saturated carbocycles. The van der Waals surface area contributed by atoms with Gasteiger partial charge in [-0.2, -0.15) is 0 Å². The standard InChI is InChI=1S/C10H19N3O2/c1-2-10(11)7-13(8-10)9(14)12-3-5-15-6-4-12/h2-8,11H2,1H3. The van der Waals surface area contributed by atoms with Gasteiger partial charge in [0, 0.05) is 26.2 Å². The lowest BCUT2D eigenvalue weighted by atomic mass is 9.89. The highest BCUT2D eigenvalue weighted by Crippen LogP contribution is 2.22. The van der Waals surface area contributed by atoms with Crippen molar-refractivity contribution in [2.24, 2.45) is 5.73 Å². The third kappa shape index (κ3) is 2.08. The SMILES string of the molecule is CCC1(N)CN(C(=O)N2CCOCC2)C1. The maximum atomic E-state index is 11.9. The van der Waals surface area contributed by atoms with Crippen molar-refractivity contribution >= 4 is 6.03 Å².